The van der Waals surface area contributed by atoms with Gasteiger partial charge in [0.1, 0.15) is 6.54 Å². The van der Waals surface area contributed by atoms with E-state index in [4.69, 9.17) is 0 Å². The second kappa shape index (κ2) is 9.60. The largest absolute Gasteiger partial charge is 0.329 e. The van der Waals surface area contributed by atoms with E-state index < -0.39 is 41.5 Å². The average molecular weight is 461 g/mol. The Hall–Kier alpha value is -3.43. The van der Waals surface area contributed by atoms with Gasteiger partial charge in [-0.25, -0.2) is 18.2 Å². The predicted molar refractivity (Wildman–Crippen MR) is 118 cm³/mol. The molecule has 0 bridgehead atoms. The van der Waals surface area contributed by atoms with Crippen LogP contribution in [0.15, 0.2) is 18.2 Å². The summed E-state index contributed by atoms with van der Waals surface area (Å²) >= 11 is 0. The molecule has 2 amide bonds. The van der Waals surface area contributed by atoms with Crippen LogP contribution in [0.4, 0.5) is 18.9 Å². The first kappa shape index (κ1) is 24.2. The van der Waals surface area contributed by atoms with Crippen molar-refractivity contribution in [2.24, 2.45) is 7.05 Å². The Labute approximate surface area is 189 Å². The lowest BCUT2D eigenvalue weighted by molar-refractivity contribution is -0.116. The summed E-state index contributed by atoms with van der Waals surface area (Å²) in [6.07, 6.45) is 0.565. The smallest absolute Gasteiger partial charge is 0.255 e. The third-order valence-electron chi connectivity index (χ3n) is 5.23. The normalized spacial score (nSPS) is 11.3. The summed E-state index contributed by atoms with van der Waals surface area (Å²) < 4.78 is 42.2. The summed E-state index contributed by atoms with van der Waals surface area (Å²) in [6.45, 7) is 7.40. The molecule has 0 aliphatic heterocycles. The SMILES string of the molecule is CCCN(CC(=O)Nc1ccc(F)c(F)c1F)C(=O)c1cc(C(C)C)nc2c1c(C)nn2C. The summed E-state index contributed by atoms with van der Waals surface area (Å²) in [6, 6.07) is 3.35. The first-order chi connectivity index (χ1) is 15.5. The number of carbonyl (C=O) groups is 2. The quantitative estimate of drug-likeness (QED) is 0.532. The topological polar surface area (TPSA) is 80.1 Å². The molecule has 33 heavy (non-hydrogen) atoms. The molecule has 1 N–H and O–H groups in total. The van der Waals surface area contributed by atoms with Gasteiger partial charge in [0.15, 0.2) is 23.1 Å². The minimum Gasteiger partial charge on any atom is -0.329 e. The molecule has 0 saturated carbocycles. The molecular weight excluding hydrogens is 435 g/mol. The van der Waals surface area contributed by atoms with Crippen LogP contribution in [0.2, 0.25) is 0 Å². The van der Waals surface area contributed by atoms with Crippen LogP contribution in [0.25, 0.3) is 11.0 Å². The van der Waals surface area contributed by atoms with Gasteiger partial charge in [0.2, 0.25) is 5.91 Å². The highest BCUT2D eigenvalue weighted by Crippen LogP contribution is 2.26. The molecule has 1 aromatic carbocycles. The second-order valence-corrected chi connectivity index (χ2v) is 8.15. The number of carbonyl (C=O) groups excluding carboxylic acids is 2. The Morgan fingerprint density at radius 2 is 1.88 bits per heavy atom. The van der Waals surface area contributed by atoms with Crippen molar-refractivity contribution >= 4 is 28.5 Å². The van der Waals surface area contributed by atoms with E-state index >= 15 is 0 Å². The van der Waals surface area contributed by atoms with Gasteiger partial charge in [0, 0.05) is 19.3 Å². The van der Waals surface area contributed by atoms with Gasteiger partial charge in [-0.1, -0.05) is 20.8 Å². The average Bonchev–Trinajstić information content (AvgIpc) is 3.06. The maximum absolute atomic E-state index is 13.9. The van der Waals surface area contributed by atoms with Crippen molar-refractivity contribution in [3.05, 3.63) is 52.6 Å². The summed E-state index contributed by atoms with van der Waals surface area (Å²) in [5.41, 5.74) is 1.77. The Balaban J connectivity index is 1.94. The highest BCUT2D eigenvalue weighted by atomic mass is 19.2. The number of pyridine rings is 1. The van der Waals surface area contributed by atoms with Crippen molar-refractivity contribution in [2.75, 3.05) is 18.4 Å². The van der Waals surface area contributed by atoms with E-state index in [1.807, 2.05) is 20.8 Å². The minimum absolute atomic E-state index is 0.0513. The van der Waals surface area contributed by atoms with Gasteiger partial charge >= 0.3 is 0 Å². The van der Waals surface area contributed by atoms with Crippen LogP contribution in [0.5, 0.6) is 0 Å². The van der Waals surface area contributed by atoms with Gasteiger partial charge in [0.25, 0.3) is 5.91 Å². The number of rotatable bonds is 7. The number of hydrogen-bond acceptors (Lipinski definition) is 4. The number of fused-ring (bicyclic) bond motifs is 1. The van der Waals surface area contributed by atoms with E-state index in [2.05, 4.69) is 15.4 Å². The molecule has 3 aromatic rings. The molecule has 0 fully saturated rings. The molecule has 0 radical (unpaired) electrons. The van der Waals surface area contributed by atoms with Crippen LogP contribution >= 0.6 is 0 Å². The molecule has 10 heteroatoms. The van der Waals surface area contributed by atoms with Crippen LogP contribution < -0.4 is 5.32 Å². The van der Waals surface area contributed by atoms with Gasteiger partial charge < -0.3 is 10.2 Å². The van der Waals surface area contributed by atoms with Gasteiger partial charge in [-0.05, 0) is 37.5 Å². The highest BCUT2D eigenvalue weighted by molar-refractivity contribution is 6.08. The molecule has 0 unspecified atom stereocenters. The molecule has 0 spiro atoms. The molecule has 0 aliphatic carbocycles. The van der Waals surface area contributed by atoms with Gasteiger partial charge in [-0.2, -0.15) is 5.10 Å². The lowest BCUT2D eigenvalue weighted by Gasteiger charge is -2.23. The zero-order valence-corrected chi connectivity index (χ0v) is 19.2. The molecule has 7 nitrogen and oxygen atoms in total. The Kier molecular flexibility index (Phi) is 7.04. The summed E-state index contributed by atoms with van der Waals surface area (Å²) in [5.74, 6) is -5.62. The number of anilines is 1. The summed E-state index contributed by atoms with van der Waals surface area (Å²) in [5, 5.41) is 7.19. The van der Waals surface area contributed by atoms with E-state index in [9.17, 15) is 22.8 Å². The fraction of sp³-hybridized carbons (Fsp3) is 0.391. The number of amides is 2. The summed E-state index contributed by atoms with van der Waals surface area (Å²) in [7, 11) is 1.74. The molecular formula is C23H26F3N5O2. The number of nitrogens with one attached hydrogen (secondary N) is 1. The van der Waals surface area contributed by atoms with Gasteiger partial charge in [-0.3, -0.25) is 14.3 Å². The van der Waals surface area contributed by atoms with Crippen LogP contribution in [0, 0.1) is 24.4 Å². The minimum atomic E-state index is -1.68. The van der Waals surface area contributed by atoms with Crippen molar-refractivity contribution < 1.29 is 22.8 Å². The monoisotopic (exact) mass is 461 g/mol. The molecule has 0 saturated heterocycles. The van der Waals surface area contributed by atoms with E-state index in [1.54, 1.807) is 24.7 Å². The van der Waals surface area contributed by atoms with E-state index in [1.165, 1.54) is 4.90 Å². The van der Waals surface area contributed by atoms with Crippen molar-refractivity contribution in [3.8, 4) is 0 Å². The number of aromatic nitrogens is 3. The first-order valence-corrected chi connectivity index (χ1v) is 10.6. The van der Waals surface area contributed by atoms with E-state index in [0.29, 0.717) is 34.4 Å². The van der Waals surface area contributed by atoms with E-state index in [0.717, 1.165) is 12.1 Å². The van der Waals surface area contributed by atoms with Crippen molar-refractivity contribution in [2.45, 2.75) is 40.0 Å². The standard InChI is InChI=1S/C23H26F3N5O2/c1-6-9-31(11-18(32)27-16-8-7-15(24)20(25)21(16)26)23(33)14-10-17(12(2)3)28-22-19(14)13(4)29-30(22)5/h7-8,10,12H,6,9,11H2,1-5H3,(H,27,32). The number of aryl methyl sites for hydroxylation is 2. The maximum Gasteiger partial charge on any atom is 0.255 e. The van der Waals surface area contributed by atoms with Crippen LogP contribution in [0.3, 0.4) is 0 Å². The highest BCUT2D eigenvalue weighted by Gasteiger charge is 2.25. The van der Waals surface area contributed by atoms with Crippen molar-refractivity contribution in [1.29, 1.82) is 0 Å². The summed E-state index contributed by atoms with van der Waals surface area (Å²) in [4.78, 5) is 32.1. The zero-order valence-electron chi connectivity index (χ0n) is 19.2. The number of halogens is 3. The Morgan fingerprint density at radius 3 is 2.52 bits per heavy atom. The zero-order chi connectivity index (χ0) is 24.4. The third kappa shape index (κ3) is 4.84. The lowest BCUT2D eigenvalue weighted by Crippen LogP contribution is -2.39. The van der Waals surface area contributed by atoms with Crippen molar-refractivity contribution in [1.82, 2.24) is 19.7 Å². The maximum atomic E-state index is 13.9. The van der Waals surface area contributed by atoms with E-state index in [-0.39, 0.29) is 12.5 Å². The Bertz CT molecular complexity index is 1220. The predicted octanol–water partition coefficient (Wildman–Crippen LogP) is 4.31. The molecule has 3 rings (SSSR count). The Morgan fingerprint density at radius 1 is 1.18 bits per heavy atom. The molecule has 2 aromatic heterocycles. The van der Waals surface area contributed by atoms with Crippen LogP contribution in [0.1, 0.15) is 54.9 Å². The van der Waals surface area contributed by atoms with Crippen LogP contribution in [-0.4, -0.2) is 44.6 Å². The fourth-order valence-electron chi connectivity index (χ4n) is 3.61. The third-order valence-corrected chi connectivity index (χ3v) is 5.23. The lowest BCUT2D eigenvalue weighted by atomic mass is 10.0. The van der Waals surface area contributed by atoms with Crippen molar-refractivity contribution in [3.63, 3.8) is 0 Å². The van der Waals surface area contributed by atoms with Gasteiger partial charge in [-0.15, -0.1) is 0 Å². The molecule has 0 aliphatic rings. The number of benzene rings is 1. The van der Waals surface area contributed by atoms with Crippen LogP contribution in [-0.2, 0) is 11.8 Å². The van der Waals surface area contributed by atoms with Gasteiger partial charge in [0.05, 0.1) is 22.3 Å². The fourth-order valence-corrected chi connectivity index (χ4v) is 3.61. The number of hydrogen-bond donors (Lipinski definition) is 1. The molecule has 0 atom stereocenters. The molecule has 176 valence electrons. The first-order valence-electron chi connectivity index (χ1n) is 10.6. The number of nitrogens with zero attached hydrogens (tertiary/aromatic N) is 4. The second-order valence-electron chi connectivity index (χ2n) is 8.15. The molecule has 2 heterocycles.